The molecular formula is C10H14O3. The number of hydrogen-bond donors (Lipinski definition) is 1. The molecule has 13 heavy (non-hydrogen) atoms. The summed E-state index contributed by atoms with van der Waals surface area (Å²) in [6.45, 7) is 5.57. The van der Waals surface area contributed by atoms with Crippen LogP contribution in [-0.2, 0) is 9.53 Å². The second-order valence-corrected chi connectivity index (χ2v) is 4.29. The number of ether oxygens (including phenoxy) is 1. The lowest BCUT2D eigenvalue weighted by molar-refractivity contribution is -0.132. The topological polar surface area (TPSA) is 49.8 Å². The summed E-state index contributed by atoms with van der Waals surface area (Å²) in [5.41, 5.74) is -0.287. The highest BCUT2D eigenvalue weighted by molar-refractivity contribution is 5.99. The van der Waals surface area contributed by atoms with Gasteiger partial charge in [-0.05, 0) is 24.5 Å². The molecule has 1 aliphatic carbocycles. The molecule has 72 valence electrons. The van der Waals surface area contributed by atoms with E-state index in [0.717, 1.165) is 5.57 Å². The van der Waals surface area contributed by atoms with E-state index in [1.165, 1.54) is 6.92 Å². The van der Waals surface area contributed by atoms with E-state index in [1.807, 2.05) is 13.8 Å². The van der Waals surface area contributed by atoms with E-state index in [-0.39, 0.29) is 18.0 Å². The Bertz CT molecular complexity index is 289. The molecule has 1 heterocycles. The third-order valence-electron chi connectivity index (χ3n) is 2.84. The second kappa shape index (κ2) is 2.42. The van der Waals surface area contributed by atoms with Crippen LogP contribution in [0.15, 0.2) is 11.6 Å². The Hall–Kier alpha value is -0.670. The predicted octanol–water partition coefficient (Wildman–Crippen LogP) is 0.670. The molecule has 0 aromatic heterocycles. The normalized spacial score (nSPS) is 43.2. The molecule has 1 aliphatic heterocycles. The number of carbonyl (C=O) groups excluding carboxylic acids is 1. The zero-order valence-corrected chi connectivity index (χ0v) is 8.07. The van der Waals surface area contributed by atoms with Gasteiger partial charge in [-0.3, -0.25) is 4.79 Å². The lowest BCUT2D eigenvalue weighted by Crippen LogP contribution is -2.44. The molecule has 3 nitrogen and oxygen atoms in total. The molecule has 0 amide bonds. The van der Waals surface area contributed by atoms with Crippen LogP contribution in [0.3, 0.4) is 0 Å². The lowest BCUT2D eigenvalue weighted by atomic mass is 9.82. The number of aliphatic hydroxyl groups is 1. The van der Waals surface area contributed by atoms with Gasteiger partial charge in [-0.2, -0.15) is 0 Å². The number of hydrogen-bond acceptors (Lipinski definition) is 3. The van der Waals surface area contributed by atoms with Gasteiger partial charge in [0.2, 0.25) is 0 Å². The maximum Gasteiger partial charge on any atom is 0.189 e. The largest absolute Gasteiger partial charge is 0.379 e. The first-order valence-electron chi connectivity index (χ1n) is 4.58. The number of rotatable bonds is 1. The van der Waals surface area contributed by atoms with E-state index in [1.54, 1.807) is 6.08 Å². The SMILES string of the molecule is CC(C)C1=CC(=O)[C@@](C)(O)[C@H]2O[C@@H]12. The molecule has 1 fully saturated rings. The molecule has 0 saturated carbocycles. The van der Waals surface area contributed by atoms with Crippen molar-refractivity contribution in [3.05, 3.63) is 11.6 Å². The smallest absolute Gasteiger partial charge is 0.189 e. The average molecular weight is 182 g/mol. The molecule has 1 saturated heterocycles. The molecule has 2 aliphatic rings. The standard InChI is InChI=1S/C10H14O3/c1-5(2)6-4-7(11)10(3,12)9-8(6)13-9/h4-5,8-9,12H,1-3H3/t8-,9-,10+/m0/s1. The summed E-state index contributed by atoms with van der Waals surface area (Å²) in [6.07, 6.45) is 1.22. The summed E-state index contributed by atoms with van der Waals surface area (Å²) in [5, 5.41) is 9.73. The lowest BCUT2D eigenvalue weighted by Gasteiger charge is -2.23. The van der Waals surface area contributed by atoms with Crippen molar-refractivity contribution in [3.8, 4) is 0 Å². The minimum absolute atomic E-state index is 0.0206. The minimum atomic E-state index is -1.30. The average Bonchev–Trinajstić information content (AvgIpc) is 2.76. The Kier molecular flexibility index (Phi) is 1.66. The van der Waals surface area contributed by atoms with E-state index < -0.39 is 5.60 Å². The van der Waals surface area contributed by atoms with Crippen molar-refractivity contribution in [1.82, 2.24) is 0 Å². The van der Waals surface area contributed by atoms with Gasteiger partial charge in [-0.25, -0.2) is 0 Å². The summed E-state index contributed by atoms with van der Waals surface area (Å²) < 4.78 is 5.30. The summed E-state index contributed by atoms with van der Waals surface area (Å²) in [5.74, 6) is 0.0880. The molecule has 1 N–H and O–H groups in total. The number of fused-ring (bicyclic) bond motifs is 1. The molecule has 0 aromatic rings. The Morgan fingerprint density at radius 1 is 1.62 bits per heavy atom. The van der Waals surface area contributed by atoms with E-state index in [0.29, 0.717) is 5.92 Å². The van der Waals surface area contributed by atoms with Crippen molar-refractivity contribution in [2.45, 2.75) is 38.6 Å². The van der Waals surface area contributed by atoms with E-state index >= 15 is 0 Å². The molecular weight excluding hydrogens is 168 g/mol. The molecule has 0 radical (unpaired) electrons. The zero-order valence-electron chi connectivity index (χ0n) is 8.07. The van der Waals surface area contributed by atoms with E-state index in [9.17, 15) is 9.90 Å². The molecule has 2 rings (SSSR count). The zero-order chi connectivity index (χ0) is 9.80. The fourth-order valence-electron chi connectivity index (χ4n) is 1.81. The van der Waals surface area contributed by atoms with Gasteiger partial charge in [0.25, 0.3) is 0 Å². The van der Waals surface area contributed by atoms with Crippen molar-refractivity contribution in [3.63, 3.8) is 0 Å². The number of epoxide rings is 1. The van der Waals surface area contributed by atoms with Gasteiger partial charge in [0.1, 0.15) is 12.2 Å². The summed E-state index contributed by atoms with van der Waals surface area (Å²) in [4.78, 5) is 11.5. The second-order valence-electron chi connectivity index (χ2n) is 4.29. The fourth-order valence-corrected chi connectivity index (χ4v) is 1.81. The van der Waals surface area contributed by atoms with Crippen molar-refractivity contribution in [1.29, 1.82) is 0 Å². The van der Waals surface area contributed by atoms with Gasteiger partial charge in [-0.1, -0.05) is 13.8 Å². The van der Waals surface area contributed by atoms with Gasteiger partial charge in [0.05, 0.1) is 0 Å². The highest BCUT2D eigenvalue weighted by Crippen LogP contribution is 2.43. The van der Waals surface area contributed by atoms with Crippen LogP contribution in [0.2, 0.25) is 0 Å². The maximum absolute atomic E-state index is 11.5. The predicted molar refractivity (Wildman–Crippen MR) is 47.2 cm³/mol. The maximum atomic E-state index is 11.5. The Balaban J connectivity index is 2.33. The first-order valence-corrected chi connectivity index (χ1v) is 4.58. The third-order valence-corrected chi connectivity index (χ3v) is 2.84. The highest BCUT2D eigenvalue weighted by atomic mass is 16.6. The Morgan fingerprint density at radius 2 is 2.23 bits per heavy atom. The van der Waals surface area contributed by atoms with Crippen LogP contribution in [0.4, 0.5) is 0 Å². The van der Waals surface area contributed by atoms with Crippen LogP contribution >= 0.6 is 0 Å². The van der Waals surface area contributed by atoms with Gasteiger partial charge < -0.3 is 9.84 Å². The molecule has 3 heteroatoms. The summed E-state index contributed by atoms with van der Waals surface area (Å²) >= 11 is 0. The monoisotopic (exact) mass is 182 g/mol. The minimum Gasteiger partial charge on any atom is -0.379 e. The highest BCUT2D eigenvalue weighted by Gasteiger charge is 2.59. The van der Waals surface area contributed by atoms with Crippen LogP contribution < -0.4 is 0 Å². The Morgan fingerprint density at radius 3 is 2.77 bits per heavy atom. The number of carbonyl (C=O) groups is 1. The molecule has 0 bridgehead atoms. The van der Waals surface area contributed by atoms with Crippen molar-refractivity contribution in [2.75, 3.05) is 0 Å². The van der Waals surface area contributed by atoms with E-state index in [4.69, 9.17) is 4.74 Å². The van der Waals surface area contributed by atoms with Crippen molar-refractivity contribution >= 4 is 5.78 Å². The van der Waals surface area contributed by atoms with Crippen LogP contribution in [-0.4, -0.2) is 28.7 Å². The van der Waals surface area contributed by atoms with Gasteiger partial charge >= 0.3 is 0 Å². The van der Waals surface area contributed by atoms with E-state index in [2.05, 4.69) is 0 Å². The summed E-state index contributed by atoms with van der Waals surface area (Å²) in [7, 11) is 0. The van der Waals surface area contributed by atoms with Crippen LogP contribution in [0.25, 0.3) is 0 Å². The molecule has 0 spiro atoms. The van der Waals surface area contributed by atoms with Crippen LogP contribution in [0, 0.1) is 5.92 Å². The van der Waals surface area contributed by atoms with Crippen LogP contribution in [0.1, 0.15) is 20.8 Å². The van der Waals surface area contributed by atoms with Gasteiger partial charge in [0.15, 0.2) is 11.4 Å². The quantitative estimate of drug-likeness (QED) is 0.606. The first kappa shape index (κ1) is 8.91. The molecule has 3 atom stereocenters. The molecule has 0 aromatic carbocycles. The number of ketones is 1. The Labute approximate surface area is 77.4 Å². The first-order chi connectivity index (χ1) is 5.94. The fraction of sp³-hybridized carbons (Fsp3) is 0.700. The van der Waals surface area contributed by atoms with Crippen LogP contribution in [0.5, 0.6) is 0 Å². The third kappa shape index (κ3) is 1.15. The molecule has 0 unspecified atom stereocenters. The van der Waals surface area contributed by atoms with Crippen molar-refractivity contribution in [2.24, 2.45) is 5.92 Å². The van der Waals surface area contributed by atoms with Gasteiger partial charge in [0, 0.05) is 0 Å². The van der Waals surface area contributed by atoms with Gasteiger partial charge in [-0.15, -0.1) is 0 Å². The van der Waals surface area contributed by atoms with Crippen molar-refractivity contribution < 1.29 is 14.6 Å². The summed E-state index contributed by atoms with van der Waals surface area (Å²) in [6, 6.07) is 0.